The minimum Gasteiger partial charge on any atom is -0.491 e. The average molecular weight is 475 g/mol. The second kappa shape index (κ2) is 11.0. The number of hydrogen-bond acceptors (Lipinski definition) is 2. The van der Waals surface area contributed by atoms with Crippen molar-refractivity contribution in [3.63, 3.8) is 0 Å². The molecule has 0 aliphatic rings. The second-order valence-electron chi connectivity index (χ2n) is 7.92. The summed E-state index contributed by atoms with van der Waals surface area (Å²) < 4.78 is 54.7. The van der Waals surface area contributed by atoms with Gasteiger partial charge in [0.05, 0.1) is 6.61 Å². The molecule has 0 fully saturated rings. The Morgan fingerprint density at radius 2 is 1.31 bits per heavy atom. The lowest BCUT2D eigenvalue weighted by atomic mass is 9.97. The van der Waals surface area contributed by atoms with E-state index in [9.17, 15) is 13.2 Å². The van der Waals surface area contributed by atoms with Crippen LogP contribution in [0.4, 0.5) is 13.2 Å². The zero-order valence-electron chi connectivity index (χ0n) is 19.5. The molecule has 0 atom stereocenters. The van der Waals surface area contributed by atoms with Crippen LogP contribution in [0, 0.1) is 17.5 Å². The SMILES string of the molecule is C/C=C/c1ccc(-c2ccc(-c3ccc(COc4ccc(OCC)c(F)c4)cc3)c(F)c2F)cc1. The molecule has 2 nitrogen and oxygen atoms in total. The third kappa shape index (κ3) is 5.57. The summed E-state index contributed by atoms with van der Waals surface area (Å²) in [6, 6.07) is 21.8. The third-order valence-corrected chi connectivity index (χ3v) is 5.54. The Labute approximate surface area is 203 Å². The first-order chi connectivity index (χ1) is 17.0. The van der Waals surface area contributed by atoms with Gasteiger partial charge in [0.15, 0.2) is 23.2 Å². The summed E-state index contributed by atoms with van der Waals surface area (Å²) in [5, 5.41) is 0. The summed E-state index contributed by atoms with van der Waals surface area (Å²) in [6.07, 6.45) is 3.86. The smallest absolute Gasteiger partial charge is 0.168 e. The fraction of sp³-hybridized carbons (Fsp3) is 0.133. The van der Waals surface area contributed by atoms with Crippen LogP contribution in [0.2, 0.25) is 0 Å². The summed E-state index contributed by atoms with van der Waals surface area (Å²) >= 11 is 0. The Bertz CT molecular complexity index is 1330. The van der Waals surface area contributed by atoms with Crippen molar-refractivity contribution in [2.24, 2.45) is 0 Å². The van der Waals surface area contributed by atoms with Crippen LogP contribution >= 0.6 is 0 Å². The molecule has 0 aliphatic carbocycles. The van der Waals surface area contributed by atoms with Gasteiger partial charge < -0.3 is 9.47 Å². The summed E-state index contributed by atoms with van der Waals surface area (Å²) in [7, 11) is 0. The van der Waals surface area contributed by atoms with Gasteiger partial charge in [0.2, 0.25) is 0 Å². The van der Waals surface area contributed by atoms with Crippen LogP contribution in [0.3, 0.4) is 0 Å². The van der Waals surface area contributed by atoms with Crippen molar-refractivity contribution >= 4 is 6.08 Å². The lowest BCUT2D eigenvalue weighted by Crippen LogP contribution is -1.98. The summed E-state index contributed by atoms with van der Waals surface area (Å²) in [5.74, 6) is -1.72. The minimum absolute atomic E-state index is 0.176. The van der Waals surface area contributed by atoms with Gasteiger partial charge in [0, 0.05) is 17.2 Å². The zero-order valence-corrected chi connectivity index (χ0v) is 19.5. The van der Waals surface area contributed by atoms with Gasteiger partial charge in [-0.3, -0.25) is 0 Å². The van der Waals surface area contributed by atoms with Gasteiger partial charge in [-0.2, -0.15) is 0 Å². The van der Waals surface area contributed by atoms with Crippen LogP contribution < -0.4 is 9.47 Å². The van der Waals surface area contributed by atoms with E-state index in [4.69, 9.17) is 9.47 Å². The number of hydrogen-bond donors (Lipinski definition) is 0. The molecule has 4 aromatic rings. The van der Waals surface area contributed by atoms with E-state index < -0.39 is 17.5 Å². The van der Waals surface area contributed by atoms with E-state index >= 15 is 0 Å². The Balaban J connectivity index is 1.48. The fourth-order valence-corrected chi connectivity index (χ4v) is 3.75. The Morgan fingerprint density at radius 1 is 0.714 bits per heavy atom. The molecule has 0 radical (unpaired) electrons. The van der Waals surface area contributed by atoms with Gasteiger partial charge in [0.1, 0.15) is 12.4 Å². The molecule has 0 aromatic heterocycles. The molecule has 0 spiro atoms. The lowest BCUT2D eigenvalue weighted by molar-refractivity contribution is 0.297. The normalized spacial score (nSPS) is 11.1. The first-order valence-electron chi connectivity index (χ1n) is 11.4. The van der Waals surface area contributed by atoms with Crippen LogP contribution in [-0.2, 0) is 6.61 Å². The minimum atomic E-state index is -0.895. The van der Waals surface area contributed by atoms with Crippen LogP contribution in [0.5, 0.6) is 11.5 Å². The second-order valence-corrected chi connectivity index (χ2v) is 7.92. The number of halogens is 3. The van der Waals surface area contributed by atoms with Crippen molar-refractivity contribution in [2.75, 3.05) is 6.61 Å². The molecule has 0 amide bonds. The van der Waals surface area contributed by atoms with Crippen molar-refractivity contribution in [1.29, 1.82) is 0 Å². The molecule has 5 heteroatoms. The molecule has 0 saturated carbocycles. The van der Waals surface area contributed by atoms with E-state index in [1.54, 1.807) is 61.5 Å². The zero-order chi connectivity index (χ0) is 24.8. The molecular weight excluding hydrogens is 449 g/mol. The van der Waals surface area contributed by atoms with Crippen LogP contribution in [-0.4, -0.2) is 6.61 Å². The maximum Gasteiger partial charge on any atom is 0.168 e. The molecule has 0 aliphatic heterocycles. The van der Waals surface area contributed by atoms with Crippen molar-refractivity contribution in [1.82, 2.24) is 0 Å². The largest absolute Gasteiger partial charge is 0.491 e. The van der Waals surface area contributed by atoms with Crippen molar-refractivity contribution in [3.8, 4) is 33.8 Å². The average Bonchev–Trinajstić information content (AvgIpc) is 2.87. The van der Waals surface area contributed by atoms with Gasteiger partial charge >= 0.3 is 0 Å². The summed E-state index contributed by atoms with van der Waals surface area (Å²) in [5.41, 5.74) is 3.35. The molecule has 0 N–H and O–H groups in total. The van der Waals surface area contributed by atoms with E-state index in [1.807, 2.05) is 31.2 Å². The topological polar surface area (TPSA) is 18.5 Å². The van der Waals surface area contributed by atoms with Crippen LogP contribution in [0.15, 0.2) is 84.9 Å². The quantitative estimate of drug-likeness (QED) is 0.255. The number of allylic oxidation sites excluding steroid dienone is 1. The third-order valence-electron chi connectivity index (χ3n) is 5.54. The highest BCUT2D eigenvalue weighted by Crippen LogP contribution is 2.32. The van der Waals surface area contributed by atoms with Gasteiger partial charge in [-0.1, -0.05) is 72.8 Å². The number of rotatable bonds is 8. The maximum atomic E-state index is 15.0. The highest BCUT2D eigenvalue weighted by molar-refractivity contribution is 5.72. The van der Waals surface area contributed by atoms with E-state index in [-0.39, 0.29) is 23.5 Å². The highest BCUT2D eigenvalue weighted by atomic mass is 19.2. The van der Waals surface area contributed by atoms with Crippen LogP contribution in [0.1, 0.15) is 25.0 Å². The molecule has 0 unspecified atom stereocenters. The highest BCUT2D eigenvalue weighted by Gasteiger charge is 2.16. The van der Waals surface area contributed by atoms with Crippen molar-refractivity contribution in [3.05, 3.63) is 114 Å². The van der Waals surface area contributed by atoms with Gasteiger partial charge in [-0.25, -0.2) is 13.2 Å². The van der Waals surface area contributed by atoms with Crippen LogP contribution in [0.25, 0.3) is 28.3 Å². The van der Waals surface area contributed by atoms with E-state index in [2.05, 4.69) is 0 Å². The Kier molecular flexibility index (Phi) is 7.56. The molecule has 35 heavy (non-hydrogen) atoms. The fourth-order valence-electron chi connectivity index (χ4n) is 3.75. The number of ether oxygens (including phenoxy) is 2. The Morgan fingerprint density at radius 3 is 1.86 bits per heavy atom. The number of benzene rings is 4. The van der Waals surface area contributed by atoms with E-state index in [0.717, 1.165) is 11.1 Å². The molecule has 0 heterocycles. The van der Waals surface area contributed by atoms with Gasteiger partial charge in [0.25, 0.3) is 0 Å². The summed E-state index contributed by atoms with van der Waals surface area (Å²) in [6.45, 7) is 4.28. The maximum absolute atomic E-state index is 15.0. The monoisotopic (exact) mass is 474 g/mol. The van der Waals surface area contributed by atoms with Gasteiger partial charge in [-0.15, -0.1) is 0 Å². The molecule has 4 rings (SSSR count). The Hall–Kier alpha value is -3.99. The summed E-state index contributed by atoms with van der Waals surface area (Å²) in [4.78, 5) is 0. The first-order valence-corrected chi connectivity index (χ1v) is 11.4. The van der Waals surface area contributed by atoms with E-state index in [0.29, 0.717) is 23.5 Å². The van der Waals surface area contributed by atoms with E-state index in [1.165, 1.54) is 12.1 Å². The molecule has 4 aromatic carbocycles. The molecule has 0 bridgehead atoms. The molecule has 178 valence electrons. The first kappa shape index (κ1) is 24.1. The predicted molar refractivity (Wildman–Crippen MR) is 134 cm³/mol. The predicted octanol–water partition coefficient (Wildman–Crippen LogP) is 8.45. The lowest BCUT2D eigenvalue weighted by Gasteiger charge is -2.11. The molecule has 0 saturated heterocycles. The molecular formula is C30H25F3O2. The standard InChI is InChI=1S/C30H25F3O2/c1-3-5-20-6-10-22(11-7-20)25-15-16-26(30(33)29(25)32)23-12-8-21(9-13-23)19-35-24-14-17-28(34-4-2)27(31)18-24/h3,5-18H,4,19H2,1-2H3/b5-3+. The van der Waals surface area contributed by atoms with Gasteiger partial charge in [-0.05, 0) is 48.2 Å². The van der Waals surface area contributed by atoms with Crippen molar-refractivity contribution in [2.45, 2.75) is 20.5 Å². The van der Waals surface area contributed by atoms with Crippen molar-refractivity contribution < 1.29 is 22.6 Å².